The third kappa shape index (κ3) is 8.18. The van der Waals surface area contributed by atoms with Crippen LogP contribution in [0.1, 0.15) is 19.3 Å². The monoisotopic (exact) mass is 191 g/mol. The van der Waals surface area contributed by atoms with Crippen LogP contribution in [-0.2, 0) is 0 Å². The van der Waals surface area contributed by atoms with Crippen LogP contribution >= 0.6 is 0 Å². The zero-order chi connectivity index (χ0) is 9.94. The van der Waals surface area contributed by atoms with Crippen molar-refractivity contribution in [1.82, 2.24) is 5.32 Å². The molecule has 4 N–H and O–H groups in total. The summed E-state index contributed by atoms with van der Waals surface area (Å²) < 4.78 is 0. The molecule has 0 atom stereocenters. The molecule has 0 saturated carbocycles. The Hall–Kier alpha value is -0.160. The van der Waals surface area contributed by atoms with E-state index in [-0.39, 0.29) is 25.7 Å². The Balaban J connectivity index is 3.05. The summed E-state index contributed by atoms with van der Waals surface area (Å²) in [5.41, 5.74) is 0. The van der Waals surface area contributed by atoms with Crippen LogP contribution in [0.2, 0.25) is 0 Å². The second-order valence-electron chi connectivity index (χ2n) is 3.20. The highest BCUT2D eigenvalue weighted by atomic mass is 16.3. The number of unbranched alkanes of at least 4 members (excludes halogenated alkanes) is 1. The Morgan fingerprint density at radius 2 is 1.62 bits per heavy atom. The summed E-state index contributed by atoms with van der Waals surface area (Å²) in [5.74, 6) is 0.0397. The van der Waals surface area contributed by atoms with Gasteiger partial charge in [0.2, 0.25) is 0 Å². The highest BCUT2D eigenvalue weighted by Crippen LogP contribution is 2.06. The SMILES string of the molecule is OCCNCCCCC(CO)CO. The first kappa shape index (κ1) is 12.8. The quantitative estimate of drug-likeness (QED) is 0.365. The standard InChI is InChI=1S/C9H21NO3/c11-6-5-10-4-2-1-3-9(7-12)8-13/h9-13H,1-8H2. The van der Waals surface area contributed by atoms with Crippen molar-refractivity contribution >= 4 is 0 Å². The van der Waals surface area contributed by atoms with Crippen molar-refractivity contribution in [2.24, 2.45) is 5.92 Å². The van der Waals surface area contributed by atoms with E-state index in [1.807, 2.05) is 0 Å². The lowest BCUT2D eigenvalue weighted by molar-refractivity contribution is 0.141. The molecule has 80 valence electrons. The molecule has 0 aromatic heterocycles. The third-order valence-electron chi connectivity index (χ3n) is 2.02. The first-order chi connectivity index (χ1) is 6.35. The summed E-state index contributed by atoms with van der Waals surface area (Å²) >= 11 is 0. The average Bonchev–Trinajstić information content (AvgIpc) is 2.17. The zero-order valence-corrected chi connectivity index (χ0v) is 8.08. The van der Waals surface area contributed by atoms with Crippen molar-refractivity contribution in [2.75, 3.05) is 32.9 Å². The fourth-order valence-corrected chi connectivity index (χ4v) is 1.13. The van der Waals surface area contributed by atoms with Crippen LogP contribution in [0, 0.1) is 5.92 Å². The molecule has 0 heterocycles. The van der Waals surface area contributed by atoms with Crippen molar-refractivity contribution in [2.45, 2.75) is 19.3 Å². The first-order valence-corrected chi connectivity index (χ1v) is 4.88. The molecule has 0 spiro atoms. The Labute approximate surface area is 79.6 Å². The highest BCUT2D eigenvalue weighted by Gasteiger charge is 2.04. The first-order valence-electron chi connectivity index (χ1n) is 4.88. The van der Waals surface area contributed by atoms with E-state index < -0.39 is 0 Å². The fourth-order valence-electron chi connectivity index (χ4n) is 1.13. The van der Waals surface area contributed by atoms with Gasteiger partial charge in [0.1, 0.15) is 0 Å². The van der Waals surface area contributed by atoms with E-state index in [1.165, 1.54) is 0 Å². The largest absolute Gasteiger partial charge is 0.396 e. The molecule has 0 unspecified atom stereocenters. The minimum absolute atomic E-state index is 0.0397. The van der Waals surface area contributed by atoms with E-state index in [0.717, 1.165) is 25.8 Å². The molecule has 0 aromatic carbocycles. The Bertz CT molecular complexity index is 96.9. The molecule has 13 heavy (non-hydrogen) atoms. The van der Waals surface area contributed by atoms with Crippen molar-refractivity contribution in [3.05, 3.63) is 0 Å². The molecule has 0 fully saturated rings. The van der Waals surface area contributed by atoms with Gasteiger partial charge in [-0.1, -0.05) is 6.42 Å². The number of rotatable bonds is 9. The summed E-state index contributed by atoms with van der Waals surface area (Å²) in [6.45, 7) is 1.85. The second-order valence-corrected chi connectivity index (χ2v) is 3.20. The normalized spacial score (nSPS) is 11.1. The van der Waals surface area contributed by atoms with Gasteiger partial charge in [-0.3, -0.25) is 0 Å². The Kier molecular flexibility index (Phi) is 9.80. The molecule has 0 aromatic rings. The summed E-state index contributed by atoms with van der Waals surface area (Å²) in [4.78, 5) is 0. The van der Waals surface area contributed by atoms with Crippen LogP contribution in [0.3, 0.4) is 0 Å². The molecule has 0 radical (unpaired) electrons. The van der Waals surface area contributed by atoms with Gasteiger partial charge in [-0.2, -0.15) is 0 Å². The molecular formula is C9H21NO3. The van der Waals surface area contributed by atoms with Gasteiger partial charge in [0.15, 0.2) is 0 Å². The van der Waals surface area contributed by atoms with Crippen LogP contribution in [0.25, 0.3) is 0 Å². The molecule has 0 rings (SSSR count). The maximum atomic E-state index is 8.76. The van der Waals surface area contributed by atoms with E-state index >= 15 is 0 Å². The molecule has 0 bridgehead atoms. The van der Waals surface area contributed by atoms with Crippen molar-refractivity contribution in [3.8, 4) is 0 Å². The van der Waals surface area contributed by atoms with Gasteiger partial charge in [0, 0.05) is 25.7 Å². The van der Waals surface area contributed by atoms with Gasteiger partial charge in [0.05, 0.1) is 6.61 Å². The van der Waals surface area contributed by atoms with Crippen LogP contribution in [-0.4, -0.2) is 48.2 Å². The second kappa shape index (κ2) is 9.92. The molecule has 0 aliphatic heterocycles. The van der Waals surface area contributed by atoms with Crippen molar-refractivity contribution in [1.29, 1.82) is 0 Å². The van der Waals surface area contributed by atoms with Gasteiger partial charge in [-0.05, 0) is 19.4 Å². The number of hydrogen-bond acceptors (Lipinski definition) is 4. The third-order valence-corrected chi connectivity index (χ3v) is 2.02. The van der Waals surface area contributed by atoms with Gasteiger partial charge >= 0.3 is 0 Å². The van der Waals surface area contributed by atoms with Crippen molar-refractivity contribution in [3.63, 3.8) is 0 Å². The van der Waals surface area contributed by atoms with Gasteiger partial charge in [-0.15, -0.1) is 0 Å². The summed E-state index contributed by atoms with van der Waals surface area (Å²) in [5, 5.41) is 29.0. The van der Waals surface area contributed by atoms with Crippen molar-refractivity contribution < 1.29 is 15.3 Å². The molecule has 4 nitrogen and oxygen atoms in total. The zero-order valence-electron chi connectivity index (χ0n) is 8.08. The van der Waals surface area contributed by atoms with Crippen LogP contribution in [0.15, 0.2) is 0 Å². The number of hydrogen-bond donors (Lipinski definition) is 4. The molecule has 0 aliphatic carbocycles. The minimum atomic E-state index is 0.0397. The lowest BCUT2D eigenvalue weighted by Crippen LogP contribution is -2.19. The van der Waals surface area contributed by atoms with Gasteiger partial charge in [0.25, 0.3) is 0 Å². The lowest BCUT2D eigenvalue weighted by Gasteiger charge is -2.09. The van der Waals surface area contributed by atoms with Crippen LogP contribution in [0.5, 0.6) is 0 Å². The van der Waals surface area contributed by atoms with E-state index in [0.29, 0.717) is 6.54 Å². The van der Waals surface area contributed by atoms with E-state index in [1.54, 1.807) is 0 Å². The van der Waals surface area contributed by atoms with Crippen LogP contribution < -0.4 is 5.32 Å². The Morgan fingerprint density at radius 3 is 2.15 bits per heavy atom. The van der Waals surface area contributed by atoms with Crippen LogP contribution in [0.4, 0.5) is 0 Å². The predicted octanol–water partition coefficient (Wildman–Crippen LogP) is -0.661. The fraction of sp³-hybridized carbons (Fsp3) is 1.00. The molecule has 4 heteroatoms. The average molecular weight is 191 g/mol. The van der Waals surface area contributed by atoms with Gasteiger partial charge in [-0.25, -0.2) is 0 Å². The smallest absolute Gasteiger partial charge is 0.0555 e. The maximum absolute atomic E-state index is 8.76. The molecule has 0 amide bonds. The lowest BCUT2D eigenvalue weighted by atomic mass is 10.0. The topological polar surface area (TPSA) is 72.7 Å². The maximum Gasteiger partial charge on any atom is 0.0555 e. The highest BCUT2D eigenvalue weighted by molar-refractivity contribution is 4.56. The summed E-state index contributed by atoms with van der Waals surface area (Å²) in [7, 11) is 0. The number of nitrogens with one attached hydrogen (secondary N) is 1. The summed E-state index contributed by atoms with van der Waals surface area (Å²) in [6.07, 6.45) is 2.90. The van der Waals surface area contributed by atoms with E-state index in [9.17, 15) is 0 Å². The predicted molar refractivity (Wildman–Crippen MR) is 51.5 cm³/mol. The number of aliphatic hydroxyl groups excluding tert-OH is 3. The molecule has 0 aliphatic rings. The molecule has 0 saturated heterocycles. The van der Waals surface area contributed by atoms with E-state index in [4.69, 9.17) is 15.3 Å². The van der Waals surface area contributed by atoms with Gasteiger partial charge < -0.3 is 20.6 Å². The van der Waals surface area contributed by atoms with E-state index in [2.05, 4.69) is 5.32 Å². The minimum Gasteiger partial charge on any atom is -0.396 e. The molecular weight excluding hydrogens is 170 g/mol. The Morgan fingerprint density at radius 1 is 0.923 bits per heavy atom. The summed E-state index contributed by atoms with van der Waals surface area (Å²) in [6, 6.07) is 0. The number of aliphatic hydroxyl groups is 3.